The number of hydrogen-bond acceptors (Lipinski definition) is 5. The van der Waals surface area contributed by atoms with Gasteiger partial charge < -0.3 is 9.47 Å². The van der Waals surface area contributed by atoms with Crippen LogP contribution in [0.3, 0.4) is 0 Å². The minimum absolute atomic E-state index is 0.200. The molecule has 0 saturated carbocycles. The van der Waals surface area contributed by atoms with Gasteiger partial charge in [-0.05, 0) is 62.6 Å². The molecule has 0 fully saturated rings. The second-order valence-electron chi connectivity index (χ2n) is 20.2. The van der Waals surface area contributed by atoms with E-state index >= 15 is 0 Å². The molecule has 1 rings (SSSR count). The number of rotatable bonds is 45. The first-order valence-corrected chi connectivity index (χ1v) is 32.5. The Kier molecular flexibility index (Phi) is 63.4. The Hall–Kier alpha value is -0.390. The summed E-state index contributed by atoms with van der Waals surface area (Å²) in [5.74, 6) is 4.28. The lowest BCUT2D eigenvalue weighted by molar-refractivity contribution is 0.242. The minimum Gasteiger partial charge on any atom is -0.491 e. The van der Waals surface area contributed by atoms with Crippen LogP contribution in [0.25, 0.3) is 0 Å². The maximum atomic E-state index is 5.47. The quantitative estimate of drug-likeness (QED) is 0.0477. The van der Waals surface area contributed by atoms with Crippen LogP contribution in [0.2, 0.25) is 0 Å². The molecule has 3 unspecified atom stereocenters. The van der Waals surface area contributed by atoms with E-state index in [1.54, 1.807) is 0 Å². The summed E-state index contributed by atoms with van der Waals surface area (Å²) in [5.41, 5.74) is 0. The monoisotopic (exact) mass is 995 g/mol. The molecule has 1 aromatic rings. The highest BCUT2D eigenvalue weighted by atomic mass is 32.2. The number of benzene rings is 1. The van der Waals surface area contributed by atoms with Crippen molar-refractivity contribution in [3.8, 4) is 11.5 Å². The first-order valence-electron chi connectivity index (χ1n) is 29.4. The predicted molar refractivity (Wildman–Crippen MR) is 319 cm³/mol. The van der Waals surface area contributed by atoms with Crippen molar-refractivity contribution in [1.29, 1.82) is 0 Å². The highest BCUT2D eigenvalue weighted by Gasteiger charge is 2.09. The van der Waals surface area contributed by atoms with Crippen LogP contribution in [0, 0.1) is 0 Å². The number of thioether (sulfide) groups is 3. The Balaban J connectivity index is -0.000000861. The average molecular weight is 996 g/mol. The third kappa shape index (κ3) is 63.6. The Labute approximate surface area is 437 Å². The predicted octanol–water partition coefficient (Wildman–Crippen LogP) is 23.5. The van der Waals surface area contributed by atoms with Crippen molar-refractivity contribution in [2.45, 2.75) is 335 Å². The van der Waals surface area contributed by atoms with Gasteiger partial charge in [0.25, 0.3) is 0 Å². The van der Waals surface area contributed by atoms with Gasteiger partial charge in [-0.2, -0.15) is 35.3 Å². The van der Waals surface area contributed by atoms with E-state index in [1.165, 1.54) is 242 Å². The van der Waals surface area contributed by atoms with Crippen LogP contribution < -0.4 is 9.47 Å². The molecule has 0 amide bonds. The molecular formula is C62H122O2S3. The van der Waals surface area contributed by atoms with Gasteiger partial charge >= 0.3 is 0 Å². The highest BCUT2D eigenvalue weighted by Crippen LogP contribution is 2.27. The molecule has 400 valence electrons. The van der Waals surface area contributed by atoms with Crippen LogP contribution in [0.4, 0.5) is 0 Å². The van der Waals surface area contributed by atoms with Crippen molar-refractivity contribution >= 4 is 35.3 Å². The Bertz CT molecular complexity index is 998. The zero-order valence-corrected chi connectivity index (χ0v) is 50.1. The second-order valence-corrected chi connectivity index (χ2v) is 25.3. The molecule has 0 heterocycles. The molecule has 0 aliphatic heterocycles. The standard InChI is InChI=1S/C24H50S.C17H36S2.C11H14O2.C10H22/c1-5-7-9-11-13-15-17-19-21-23(3)25-24(4)22-20-18-16-14-12-10-8-6-2;1-5-6-7-8-9-10-11-12-13-17(4)19-15-14-18-16(2)3;1-4-12-10-5-7-11(8-6-10)13-9(2)3;1-3-5-7-9-10-8-6-4-2/h23-24H,5-22H2,1-4H3;16-17H,5-15H2,1-4H3;4-9H,1H2,2-3H3;3-10H2,1-2H3. The SMILES string of the molecule is C=COc1ccc(OC(C)C)cc1.CCCCCCCCCC.CCCCCCCCCCC(C)SC(C)CCCCCCCCCC.CCCCCCCCCCC(C)SCCSC(C)C. The number of hydrogen-bond donors (Lipinski definition) is 0. The van der Waals surface area contributed by atoms with Crippen molar-refractivity contribution < 1.29 is 9.47 Å². The van der Waals surface area contributed by atoms with E-state index in [1.807, 2.05) is 38.1 Å². The van der Waals surface area contributed by atoms with E-state index in [9.17, 15) is 0 Å². The molecule has 0 N–H and O–H groups in total. The Morgan fingerprint density at radius 1 is 0.388 bits per heavy atom. The van der Waals surface area contributed by atoms with Gasteiger partial charge in [0.2, 0.25) is 0 Å². The Morgan fingerprint density at radius 2 is 0.672 bits per heavy atom. The summed E-state index contributed by atoms with van der Waals surface area (Å²) in [6.45, 7) is 30.8. The van der Waals surface area contributed by atoms with E-state index in [0.717, 1.165) is 32.5 Å². The van der Waals surface area contributed by atoms with E-state index in [2.05, 4.69) is 111 Å². The summed E-state index contributed by atoms with van der Waals surface area (Å²) in [6, 6.07) is 7.44. The van der Waals surface area contributed by atoms with Crippen LogP contribution in [-0.4, -0.2) is 38.6 Å². The maximum absolute atomic E-state index is 5.47. The van der Waals surface area contributed by atoms with Crippen molar-refractivity contribution in [2.75, 3.05) is 11.5 Å². The summed E-state index contributed by atoms with van der Waals surface area (Å²) in [7, 11) is 0. The molecule has 0 aliphatic carbocycles. The number of ether oxygens (including phenoxy) is 2. The largest absolute Gasteiger partial charge is 0.491 e. The fraction of sp³-hybridized carbons (Fsp3) is 0.871. The molecule has 67 heavy (non-hydrogen) atoms. The highest BCUT2D eigenvalue weighted by molar-refractivity contribution is 8.03. The van der Waals surface area contributed by atoms with Gasteiger partial charge in [-0.1, -0.05) is 281 Å². The molecule has 0 bridgehead atoms. The van der Waals surface area contributed by atoms with Gasteiger partial charge in [-0.15, -0.1) is 0 Å². The van der Waals surface area contributed by atoms with Crippen LogP contribution in [0.15, 0.2) is 37.1 Å². The summed E-state index contributed by atoms with van der Waals surface area (Å²) in [6.07, 6.45) is 52.0. The van der Waals surface area contributed by atoms with E-state index < -0.39 is 0 Å². The van der Waals surface area contributed by atoms with Crippen LogP contribution in [0.1, 0.15) is 308 Å². The molecule has 3 atom stereocenters. The van der Waals surface area contributed by atoms with E-state index in [4.69, 9.17) is 9.47 Å². The van der Waals surface area contributed by atoms with Crippen LogP contribution >= 0.6 is 35.3 Å². The van der Waals surface area contributed by atoms with Gasteiger partial charge in [0, 0.05) is 27.3 Å². The minimum atomic E-state index is 0.200. The van der Waals surface area contributed by atoms with Gasteiger partial charge in [0.1, 0.15) is 11.5 Å². The van der Waals surface area contributed by atoms with Gasteiger partial charge in [0.15, 0.2) is 0 Å². The fourth-order valence-corrected chi connectivity index (χ4v) is 11.4. The zero-order valence-electron chi connectivity index (χ0n) is 47.7. The van der Waals surface area contributed by atoms with Crippen molar-refractivity contribution in [1.82, 2.24) is 0 Å². The third-order valence-electron chi connectivity index (χ3n) is 12.2. The van der Waals surface area contributed by atoms with Crippen molar-refractivity contribution in [2.24, 2.45) is 0 Å². The molecule has 0 aromatic heterocycles. The lowest BCUT2D eigenvalue weighted by Gasteiger charge is -2.17. The lowest BCUT2D eigenvalue weighted by atomic mass is 10.1. The van der Waals surface area contributed by atoms with Crippen LogP contribution in [-0.2, 0) is 0 Å². The summed E-state index contributed by atoms with van der Waals surface area (Å²) in [4.78, 5) is 0. The van der Waals surface area contributed by atoms with Gasteiger partial charge in [-0.3, -0.25) is 0 Å². The number of unbranched alkanes of at least 4 members (excludes halogenated alkanes) is 28. The molecule has 0 spiro atoms. The molecule has 2 nitrogen and oxygen atoms in total. The lowest BCUT2D eigenvalue weighted by Crippen LogP contribution is -2.05. The first kappa shape index (κ1) is 70.9. The average Bonchev–Trinajstić information content (AvgIpc) is 3.30. The molecule has 1 aromatic carbocycles. The normalized spacial score (nSPS) is 12.3. The van der Waals surface area contributed by atoms with Gasteiger partial charge in [0.05, 0.1) is 12.4 Å². The zero-order chi connectivity index (χ0) is 50.3. The summed E-state index contributed by atoms with van der Waals surface area (Å²) >= 11 is 6.52. The van der Waals surface area contributed by atoms with Crippen molar-refractivity contribution in [3.63, 3.8) is 0 Å². The van der Waals surface area contributed by atoms with Gasteiger partial charge in [-0.25, -0.2) is 0 Å². The molecule has 0 aliphatic rings. The maximum Gasteiger partial charge on any atom is 0.126 e. The van der Waals surface area contributed by atoms with E-state index in [0.29, 0.717) is 0 Å². The summed E-state index contributed by atoms with van der Waals surface area (Å²) in [5, 5.41) is 3.39. The first-order chi connectivity index (χ1) is 32.5. The third-order valence-corrected chi connectivity index (χ3v) is 16.2. The fourth-order valence-electron chi connectivity index (χ4n) is 8.02. The smallest absolute Gasteiger partial charge is 0.126 e. The summed E-state index contributed by atoms with van der Waals surface area (Å²) < 4.78 is 10.5. The van der Waals surface area contributed by atoms with E-state index in [-0.39, 0.29) is 6.10 Å². The topological polar surface area (TPSA) is 18.5 Å². The van der Waals surface area contributed by atoms with Crippen LogP contribution in [0.5, 0.6) is 11.5 Å². The molecule has 5 heteroatoms. The van der Waals surface area contributed by atoms with Crippen molar-refractivity contribution in [3.05, 3.63) is 37.1 Å². The second kappa shape index (κ2) is 59.9. The molecule has 0 saturated heterocycles. The molecule has 0 radical (unpaired) electrons. The molecular weight excluding hydrogens is 873 g/mol. The Morgan fingerprint density at radius 3 is 0.970 bits per heavy atom.